The normalized spacial score (nSPS) is 19.8. The molecule has 0 aliphatic carbocycles. The van der Waals surface area contributed by atoms with Crippen LogP contribution in [0.25, 0.3) is 0 Å². The number of nitrogens with zero attached hydrogens (tertiary/aromatic N) is 1. The van der Waals surface area contributed by atoms with Gasteiger partial charge in [0.25, 0.3) is 11.2 Å². The number of benzene rings is 2. The fraction of sp³-hybridized carbons (Fsp3) is 0.625. The van der Waals surface area contributed by atoms with Crippen molar-refractivity contribution in [2.75, 3.05) is 28.4 Å². The first-order valence-corrected chi connectivity index (χ1v) is 18.6. The SMILES string of the molecule is COC(=O)C[C@@H](CCCCCCCCC[C@H]1CCC([C@H](C)OC(=O)[C@](OC)(c2ccccc2)C(F)(F)F)N1C)OC(=O)[C@](OC)(c1ccccc1)C(F)(F)F. The van der Waals surface area contributed by atoms with Gasteiger partial charge < -0.3 is 23.7 Å². The summed E-state index contributed by atoms with van der Waals surface area (Å²) in [7, 11) is 4.66. The number of likely N-dealkylation sites (N-methyl/N-ethyl adjacent to an activating group) is 1. The van der Waals surface area contributed by atoms with E-state index in [0.717, 1.165) is 78.4 Å². The van der Waals surface area contributed by atoms with Gasteiger partial charge in [-0.05, 0) is 46.1 Å². The lowest BCUT2D eigenvalue weighted by Crippen LogP contribution is -2.53. The molecule has 3 rings (SSSR count). The summed E-state index contributed by atoms with van der Waals surface area (Å²) in [5.41, 5.74) is -7.40. The molecule has 0 saturated carbocycles. The summed E-state index contributed by atoms with van der Waals surface area (Å²) in [5, 5.41) is 0. The Labute approximate surface area is 319 Å². The van der Waals surface area contributed by atoms with Gasteiger partial charge in [0.2, 0.25) is 0 Å². The highest BCUT2D eigenvalue weighted by molar-refractivity contribution is 5.83. The van der Waals surface area contributed by atoms with Crippen LogP contribution in [0.3, 0.4) is 0 Å². The maximum absolute atomic E-state index is 14.3. The molecule has 1 aliphatic heterocycles. The Balaban J connectivity index is 1.43. The van der Waals surface area contributed by atoms with Gasteiger partial charge in [0.05, 0.1) is 13.5 Å². The fourth-order valence-corrected chi connectivity index (χ4v) is 7.40. The van der Waals surface area contributed by atoms with E-state index in [0.29, 0.717) is 19.3 Å². The molecule has 1 unspecified atom stereocenters. The molecule has 9 nitrogen and oxygen atoms in total. The molecule has 0 aromatic heterocycles. The molecular weight excluding hydrogens is 736 g/mol. The van der Waals surface area contributed by atoms with Crippen LogP contribution in [0.2, 0.25) is 0 Å². The third-order valence-corrected chi connectivity index (χ3v) is 10.5. The van der Waals surface area contributed by atoms with E-state index < -0.39 is 65.7 Å². The van der Waals surface area contributed by atoms with E-state index in [2.05, 4.69) is 9.64 Å². The van der Waals surface area contributed by atoms with Gasteiger partial charge in [-0.1, -0.05) is 99.2 Å². The summed E-state index contributed by atoms with van der Waals surface area (Å²) < 4.78 is 111. The Kier molecular flexibility index (Phi) is 17.0. The second kappa shape index (κ2) is 20.5. The summed E-state index contributed by atoms with van der Waals surface area (Å²) in [6.07, 6.45) is -4.32. The van der Waals surface area contributed by atoms with Crippen LogP contribution in [0.1, 0.15) is 95.1 Å². The van der Waals surface area contributed by atoms with Gasteiger partial charge in [0, 0.05) is 37.4 Å². The average Bonchev–Trinajstić information content (AvgIpc) is 3.51. The van der Waals surface area contributed by atoms with E-state index in [4.69, 9.17) is 18.9 Å². The minimum atomic E-state index is -5.14. The minimum Gasteiger partial charge on any atom is -0.469 e. The molecule has 0 N–H and O–H groups in total. The van der Waals surface area contributed by atoms with Crippen LogP contribution >= 0.6 is 0 Å². The number of unbranched alkanes of at least 4 members (excludes halogenated alkanes) is 6. The lowest BCUT2D eigenvalue weighted by Gasteiger charge is -2.35. The predicted octanol–water partition coefficient (Wildman–Crippen LogP) is 8.58. The van der Waals surface area contributed by atoms with Crippen LogP contribution in [0.4, 0.5) is 26.3 Å². The zero-order chi connectivity index (χ0) is 40.9. The van der Waals surface area contributed by atoms with Gasteiger partial charge >= 0.3 is 30.3 Å². The van der Waals surface area contributed by atoms with E-state index in [9.17, 15) is 40.7 Å². The van der Waals surface area contributed by atoms with Crippen LogP contribution < -0.4 is 0 Å². The van der Waals surface area contributed by atoms with Crippen molar-refractivity contribution in [2.24, 2.45) is 0 Å². The lowest BCUT2D eigenvalue weighted by molar-refractivity contribution is -0.279. The topological polar surface area (TPSA) is 101 Å². The van der Waals surface area contributed by atoms with Crippen molar-refractivity contribution < 1.29 is 64.4 Å². The molecule has 0 radical (unpaired) electrons. The number of hydrogen-bond donors (Lipinski definition) is 0. The van der Waals surface area contributed by atoms with Gasteiger partial charge in [-0.2, -0.15) is 26.3 Å². The van der Waals surface area contributed by atoms with Crippen molar-refractivity contribution in [1.29, 1.82) is 0 Å². The van der Waals surface area contributed by atoms with Crippen molar-refractivity contribution in [3.05, 3.63) is 71.8 Å². The van der Waals surface area contributed by atoms with Crippen molar-refractivity contribution >= 4 is 17.9 Å². The Bertz CT molecular complexity index is 1490. The van der Waals surface area contributed by atoms with Crippen LogP contribution in [-0.4, -0.2) is 87.8 Å². The number of likely N-dealkylation sites (tertiary alicyclic amines) is 1. The summed E-state index contributed by atoms with van der Waals surface area (Å²) in [5.74, 6) is -3.88. The first kappa shape index (κ1) is 45.7. The smallest absolute Gasteiger partial charge is 0.432 e. The van der Waals surface area contributed by atoms with Crippen molar-refractivity contribution in [3.8, 4) is 0 Å². The molecule has 15 heteroatoms. The quantitative estimate of drug-likeness (QED) is 0.0533. The lowest BCUT2D eigenvalue weighted by atomic mass is 9.92. The minimum absolute atomic E-state index is 0.158. The monoisotopic (exact) mass is 789 g/mol. The Morgan fingerprint density at radius 2 is 1.15 bits per heavy atom. The van der Waals surface area contributed by atoms with Gasteiger partial charge in [-0.25, -0.2) is 9.59 Å². The first-order valence-electron chi connectivity index (χ1n) is 18.6. The summed E-state index contributed by atoms with van der Waals surface area (Å²) in [6.45, 7) is 1.60. The number of ether oxygens (including phenoxy) is 5. The van der Waals surface area contributed by atoms with Crippen LogP contribution in [-0.2, 0) is 49.3 Å². The molecule has 55 heavy (non-hydrogen) atoms. The molecule has 1 saturated heterocycles. The molecule has 2 aromatic carbocycles. The summed E-state index contributed by atoms with van der Waals surface area (Å²) in [6, 6.07) is 13.1. The van der Waals surface area contributed by atoms with Gasteiger partial charge in [0.1, 0.15) is 12.2 Å². The van der Waals surface area contributed by atoms with Crippen LogP contribution in [0.5, 0.6) is 0 Å². The fourth-order valence-electron chi connectivity index (χ4n) is 7.40. The van der Waals surface area contributed by atoms with Crippen LogP contribution in [0, 0.1) is 0 Å². The molecule has 2 aromatic rings. The number of carbonyl (C=O) groups is 3. The van der Waals surface area contributed by atoms with E-state index in [1.165, 1.54) is 42.5 Å². The van der Waals surface area contributed by atoms with Crippen molar-refractivity contribution in [1.82, 2.24) is 4.90 Å². The number of methoxy groups -OCH3 is 3. The van der Waals surface area contributed by atoms with Crippen molar-refractivity contribution in [2.45, 2.75) is 132 Å². The maximum atomic E-state index is 14.3. The predicted molar refractivity (Wildman–Crippen MR) is 191 cm³/mol. The third-order valence-electron chi connectivity index (χ3n) is 10.5. The Hall–Kier alpha value is -3.69. The number of rotatable bonds is 21. The van der Waals surface area contributed by atoms with Gasteiger partial charge in [0.15, 0.2) is 0 Å². The molecule has 0 amide bonds. The summed E-state index contributed by atoms with van der Waals surface area (Å²) >= 11 is 0. The largest absolute Gasteiger partial charge is 0.469 e. The molecule has 1 aliphatic rings. The van der Waals surface area contributed by atoms with Gasteiger partial charge in [-0.3, -0.25) is 9.69 Å². The highest BCUT2D eigenvalue weighted by Crippen LogP contribution is 2.45. The first-order chi connectivity index (χ1) is 26.0. The second-order valence-corrected chi connectivity index (χ2v) is 13.9. The van der Waals surface area contributed by atoms with E-state index in [-0.39, 0.29) is 24.1 Å². The van der Waals surface area contributed by atoms with E-state index in [1.807, 2.05) is 7.05 Å². The standard InChI is InChI=1S/C40H53F6NO8/c1-28(54-35(49)37(52-4,39(41,42)43)29-19-13-11-14-20-29)33-26-25-31(47(33)2)23-17-9-7-6-8-10-18-24-32(27-34(48)51-3)55-36(50)38(53-5,40(44,45)46)30-21-15-12-16-22-30/h11-16,19-22,28,31-33H,6-10,17-18,23-27H2,1-5H3/t28-,31-,32+,33?,37+,38+/m0/s1. The average molecular weight is 790 g/mol. The second-order valence-electron chi connectivity index (χ2n) is 13.9. The van der Waals surface area contributed by atoms with E-state index >= 15 is 0 Å². The molecular formula is C40H53F6NO8. The number of hydrogen-bond acceptors (Lipinski definition) is 9. The highest BCUT2D eigenvalue weighted by atomic mass is 19.4. The Morgan fingerprint density at radius 1 is 0.691 bits per heavy atom. The third kappa shape index (κ3) is 11.0. The maximum Gasteiger partial charge on any atom is 0.432 e. The number of esters is 3. The molecule has 0 bridgehead atoms. The summed E-state index contributed by atoms with van der Waals surface area (Å²) in [4.78, 5) is 40.4. The van der Waals surface area contributed by atoms with E-state index in [1.54, 1.807) is 13.0 Å². The highest BCUT2D eigenvalue weighted by Gasteiger charge is 2.65. The zero-order valence-corrected chi connectivity index (χ0v) is 32.0. The Morgan fingerprint density at radius 3 is 1.60 bits per heavy atom. The van der Waals surface area contributed by atoms with Crippen molar-refractivity contribution in [3.63, 3.8) is 0 Å². The molecule has 1 fully saturated rings. The van der Waals surface area contributed by atoms with Gasteiger partial charge in [-0.15, -0.1) is 0 Å². The molecule has 0 spiro atoms. The number of alkyl halides is 6. The van der Waals surface area contributed by atoms with Crippen LogP contribution in [0.15, 0.2) is 60.7 Å². The zero-order valence-electron chi connectivity index (χ0n) is 32.0. The molecule has 1 heterocycles. The molecule has 6 atom stereocenters. The molecule has 308 valence electrons. The number of halogens is 6. The number of carbonyl (C=O) groups excluding carboxylic acids is 3.